The second-order valence-corrected chi connectivity index (χ2v) is 9.38. The lowest BCUT2D eigenvalue weighted by Crippen LogP contribution is -2.35. The van der Waals surface area contributed by atoms with Gasteiger partial charge in [-0.25, -0.2) is 4.79 Å². The fourth-order valence-corrected chi connectivity index (χ4v) is 4.83. The summed E-state index contributed by atoms with van der Waals surface area (Å²) in [5.74, 6) is -0.482. The Balaban J connectivity index is 1.40. The lowest BCUT2D eigenvalue weighted by Gasteiger charge is -2.33. The van der Waals surface area contributed by atoms with Gasteiger partial charge in [-0.1, -0.05) is 30.3 Å². The minimum Gasteiger partial charge on any atom is -0.469 e. The molecule has 2 aromatic carbocycles. The molecule has 0 spiro atoms. The van der Waals surface area contributed by atoms with Crippen LogP contribution in [-0.4, -0.2) is 50.4 Å². The molecule has 1 aromatic heterocycles. The molecule has 4 rings (SSSR count). The molecule has 0 aliphatic carbocycles. The van der Waals surface area contributed by atoms with Crippen molar-refractivity contribution in [1.29, 1.82) is 0 Å². The smallest absolute Gasteiger partial charge is 0.328 e. The molecule has 1 aliphatic rings. The quantitative estimate of drug-likeness (QED) is 0.383. The molecule has 0 bridgehead atoms. The topological polar surface area (TPSA) is 87.1 Å². The highest BCUT2D eigenvalue weighted by atomic mass is 16.5. The van der Waals surface area contributed by atoms with Crippen molar-refractivity contribution >= 4 is 28.4 Å². The van der Waals surface area contributed by atoms with Gasteiger partial charge in [0.15, 0.2) is 0 Å². The summed E-state index contributed by atoms with van der Waals surface area (Å²) < 4.78 is 16.9. The first-order valence-corrected chi connectivity index (χ1v) is 12.7. The zero-order valence-corrected chi connectivity index (χ0v) is 21.4. The summed E-state index contributed by atoms with van der Waals surface area (Å²) in [6.45, 7) is 3.26. The largest absolute Gasteiger partial charge is 0.469 e. The first-order valence-electron chi connectivity index (χ1n) is 12.7. The third-order valence-electron chi connectivity index (χ3n) is 7.02. The maximum atomic E-state index is 13.2. The molecule has 1 aliphatic heterocycles. The van der Waals surface area contributed by atoms with Gasteiger partial charge in [0.1, 0.15) is 6.04 Å². The van der Waals surface area contributed by atoms with Crippen LogP contribution in [0.1, 0.15) is 37.3 Å². The highest BCUT2D eigenvalue weighted by molar-refractivity contribution is 5.85. The number of carbonyl (C=O) groups excluding carboxylic acids is 2. The molecular formula is C29H34N2O6. The Morgan fingerprint density at radius 1 is 1.00 bits per heavy atom. The van der Waals surface area contributed by atoms with Crippen LogP contribution < -0.4 is 10.5 Å². The lowest BCUT2D eigenvalue weighted by molar-refractivity contribution is -0.146. The van der Waals surface area contributed by atoms with Gasteiger partial charge in [-0.15, -0.1) is 0 Å². The van der Waals surface area contributed by atoms with Gasteiger partial charge in [-0.05, 0) is 60.4 Å². The van der Waals surface area contributed by atoms with Gasteiger partial charge in [0.25, 0.3) is 5.56 Å². The van der Waals surface area contributed by atoms with E-state index in [9.17, 15) is 14.4 Å². The van der Waals surface area contributed by atoms with Crippen molar-refractivity contribution in [3.8, 4) is 0 Å². The zero-order chi connectivity index (χ0) is 26.2. The van der Waals surface area contributed by atoms with Gasteiger partial charge in [0.05, 0.1) is 20.8 Å². The molecule has 2 heterocycles. The summed E-state index contributed by atoms with van der Waals surface area (Å²) in [6.07, 6.45) is 3.83. The van der Waals surface area contributed by atoms with E-state index in [0.717, 1.165) is 43.6 Å². The number of fused-ring (bicyclic) bond motifs is 1. The Kier molecular flexibility index (Phi) is 8.95. The summed E-state index contributed by atoms with van der Waals surface area (Å²) in [4.78, 5) is 39.6. The van der Waals surface area contributed by atoms with E-state index in [0.29, 0.717) is 17.9 Å². The van der Waals surface area contributed by atoms with E-state index >= 15 is 0 Å². The number of benzene rings is 2. The van der Waals surface area contributed by atoms with Crippen LogP contribution in [0.2, 0.25) is 0 Å². The van der Waals surface area contributed by atoms with Gasteiger partial charge < -0.3 is 23.7 Å². The number of aromatic nitrogens is 1. The van der Waals surface area contributed by atoms with Crippen molar-refractivity contribution in [2.45, 2.75) is 38.3 Å². The number of anilines is 1. The van der Waals surface area contributed by atoms with Crippen LogP contribution in [0.3, 0.4) is 0 Å². The number of piperidine rings is 1. The normalized spacial score (nSPS) is 14.9. The molecule has 37 heavy (non-hydrogen) atoms. The monoisotopic (exact) mass is 506 g/mol. The van der Waals surface area contributed by atoms with Crippen LogP contribution in [-0.2, 0) is 30.4 Å². The number of pyridine rings is 1. The van der Waals surface area contributed by atoms with Crippen molar-refractivity contribution in [2.24, 2.45) is 5.92 Å². The molecule has 0 radical (unpaired) electrons. The Labute approximate surface area is 216 Å². The van der Waals surface area contributed by atoms with Gasteiger partial charge in [0, 0.05) is 43.4 Å². The fraction of sp³-hybridized carbons (Fsp3) is 0.414. The summed E-state index contributed by atoms with van der Waals surface area (Å²) in [6, 6.07) is 16.9. The van der Waals surface area contributed by atoms with E-state index in [-0.39, 0.29) is 18.4 Å². The van der Waals surface area contributed by atoms with Gasteiger partial charge in [0.2, 0.25) is 0 Å². The van der Waals surface area contributed by atoms with Crippen molar-refractivity contribution in [3.63, 3.8) is 0 Å². The third-order valence-corrected chi connectivity index (χ3v) is 7.02. The van der Waals surface area contributed by atoms with E-state index in [2.05, 4.69) is 21.8 Å². The molecule has 1 saturated heterocycles. The van der Waals surface area contributed by atoms with E-state index in [1.54, 1.807) is 6.20 Å². The molecule has 8 heteroatoms. The molecule has 1 fully saturated rings. The van der Waals surface area contributed by atoms with Crippen LogP contribution in [0.5, 0.6) is 0 Å². The maximum absolute atomic E-state index is 13.2. The van der Waals surface area contributed by atoms with E-state index < -0.39 is 18.0 Å². The van der Waals surface area contributed by atoms with Gasteiger partial charge >= 0.3 is 11.9 Å². The first-order chi connectivity index (χ1) is 18.0. The summed E-state index contributed by atoms with van der Waals surface area (Å²) >= 11 is 0. The second kappa shape index (κ2) is 12.5. The Morgan fingerprint density at radius 3 is 2.46 bits per heavy atom. The number of esters is 2. The van der Waals surface area contributed by atoms with Gasteiger partial charge in [-0.3, -0.25) is 9.59 Å². The molecule has 1 unspecified atom stereocenters. The zero-order valence-electron chi connectivity index (χ0n) is 21.4. The van der Waals surface area contributed by atoms with Crippen LogP contribution in [0.15, 0.2) is 65.6 Å². The minimum absolute atomic E-state index is 0.00688. The van der Waals surface area contributed by atoms with Crippen molar-refractivity contribution in [3.05, 3.63) is 76.7 Å². The maximum Gasteiger partial charge on any atom is 0.328 e. The molecular weight excluding hydrogens is 472 g/mol. The molecule has 0 saturated carbocycles. The van der Waals surface area contributed by atoms with E-state index in [4.69, 9.17) is 9.47 Å². The molecule has 1 atom stereocenters. The Bertz CT molecular complexity index is 1260. The fourth-order valence-electron chi connectivity index (χ4n) is 4.83. The highest BCUT2D eigenvalue weighted by Gasteiger charge is 2.25. The number of nitrogens with zero attached hydrogens (tertiary/aromatic N) is 2. The van der Waals surface area contributed by atoms with Crippen LogP contribution in [0, 0.1) is 5.92 Å². The average Bonchev–Trinajstić information content (AvgIpc) is 2.94. The van der Waals surface area contributed by atoms with Crippen molar-refractivity contribution in [1.82, 2.24) is 4.57 Å². The summed E-state index contributed by atoms with van der Waals surface area (Å²) in [7, 11) is 2.56. The first kappa shape index (κ1) is 26.4. The number of carbonyl (C=O) groups is 2. The predicted molar refractivity (Wildman–Crippen MR) is 142 cm³/mol. The van der Waals surface area contributed by atoms with Gasteiger partial charge in [-0.2, -0.15) is 0 Å². The summed E-state index contributed by atoms with van der Waals surface area (Å²) in [5.41, 5.74) is 1.97. The number of rotatable bonds is 10. The second-order valence-electron chi connectivity index (χ2n) is 9.38. The van der Waals surface area contributed by atoms with E-state index in [1.807, 2.05) is 42.5 Å². The standard InChI is InChI=1S/C29H34N2O6/c1-35-27(32)11-10-26(29(34)36-2)31-17-14-23-18-24(8-9-25(23)28(31)33)30-15-12-22(13-16-30)20-37-19-21-6-4-3-5-7-21/h3-9,14,17-18,22,26H,10-13,15-16,19-20H2,1-2H3. The highest BCUT2D eigenvalue weighted by Crippen LogP contribution is 2.27. The molecule has 3 aromatic rings. The van der Waals surface area contributed by atoms with Crippen molar-refractivity contribution in [2.75, 3.05) is 38.8 Å². The number of ether oxygens (including phenoxy) is 3. The Hall–Kier alpha value is -3.65. The number of hydrogen-bond acceptors (Lipinski definition) is 7. The lowest BCUT2D eigenvalue weighted by atomic mass is 9.97. The molecule has 196 valence electrons. The predicted octanol–water partition coefficient (Wildman–Crippen LogP) is 4.10. The van der Waals surface area contributed by atoms with Crippen LogP contribution >= 0.6 is 0 Å². The number of methoxy groups -OCH3 is 2. The number of hydrogen-bond donors (Lipinski definition) is 0. The van der Waals surface area contributed by atoms with Crippen LogP contribution in [0.4, 0.5) is 5.69 Å². The molecule has 0 N–H and O–H groups in total. The third kappa shape index (κ3) is 6.57. The average molecular weight is 507 g/mol. The molecule has 0 amide bonds. The molecule has 8 nitrogen and oxygen atoms in total. The SMILES string of the molecule is COC(=O)CCC(C(=O)OC)n1ccc2cc(N3CCC(COCc4ccccc4)CC3)ccc2c1=O. The van der Waals surface area contributed by atoms with Crippen LogP contribution in [0.25, 0.3) is 10.8 Å². The summed E-state index contributed by atoms with van der Waals surface area (Å²) in [5, 5.41) is 1.33. The minimum atomic E-state index is -0.899. The van der Waals surface area contributed by atoms with E-state index in [1.165, 1.54) is 24.4 Å². The van der Waals surface area contributed by atoms with Crippen molar-refractivity contribution < 1.29 is 23.8 Å². The Morgan fingerprint density at radius 2 is 1.76 bits per heavy atom.